The highest BCUT2D eigenvalue weighted by atomic mass is 32.2. The van der Waals surface area contributed by atoms with Crippen LogP contribution in [-0.4, -0.2) is 10.9 Å². The molecule has 1 aliphatic carbocycles. The highest BCUT2D eigenvalue weighted by Gasteiger charge is 2.20. The van der Waals surface area contributed by atoms with Crippen LogP contribution >= 0.6 is 11.8 Å². The molecule has 0 amide bonds. The van der Waals surface area contributed by atoms with Gasteiger partial charge in [-0.3, -0.25) is 0 Å². The standard InChI is InChI=1S/C13H14N2OS/c14-13-7-12(16-15-13)10-3-5-11(6-4-10)17-8-9-1-2-9/h3-7,9H,1-2,8H2,(H2,14,15). The molecule has 0 unspecified atom stereocenters. The maximum absolute atomic E-state index is 5.52. The van der Waals surface area contributed by atoms with E-state index in [-0.39, 0.29) is 0 Å². The van der Waals surface area contributed by atoms with Crippen LogP contribution in [-0.2, 0) is 0 Å². The number of aromatic nitrogens is 1. The van der Waals surface area contributed by atoms with Crippen molar-refractivity contribution in [2.75, 3.05) is 11.5 Å². The van der Waals surface area contributed by atoms with Crippen LogP contribution in [0.2, 0.25) is 0 Å². The monoisotopic (exact) mass is 246 g/mol. The lowest BCUT2D eigenvalue weighted by molar-refractivity contribution is 0.436. The molecule has 1 saturated carbocycles. The average molecular weight is 246 g/mol. The second kappa shape index (κ2) is 4.45. The van der Waals surface area contributed by atoms with Gasteiger partial charge >= 0.3 is 0 Å². The fourth-order valence-corrected chi connectivity index (χ4v) is 2.73. The van der Waals surface area contributed by atoms with Gasteiger partial charge < -0.3 is 10.3 Å². The Balaban J connectivity index is 1.70. The summed E-state index contributed by atoms with van der Waals surface area (Å²) in [4.78, 5) is 1.31. The summed E-state index contributed by atoms with van der Waals surface area (Å²) in [7, 11) is 0. The molecule has 0 saturated heterocycles. The molecule has 2 N–H and O–H groups in total. The fourth-order valence-electron chi connectivity index (χ4n) is 1.64. The maximum Gasteiger partial charge on any atom is 0.169 e. The molecule has 4 heteroatoms. The van der Waals surface area contributed by atoms with Gasteiger partial charge in [0.15, 0.2) is 11.6 Å². The van der Waals surface area contributed by atoms with Gasteiger partial charge in [-0.05, 0) is 30.9 Å². The molecule has 0 atom stereocenters. The zero-order valence-electron chi connectivity index (χ0n) is 9.43. The second-order valence-electron chi connectivity index (χ2n) is 4.39. The molecule has 0 aliphatic heterocycles. The Bertz CT molecular complexity index is 502. The second-order valence-corrected chi connectivity index (χ2v) is 5.49. The highest BCUT2D eigenvalue weighted by molar-refractivity contribution is 7.99. The SMILES string of the molecule is Nc1cc(-c2ccc(SCC3CC3)cc2)on1. The van der Waals surface area contributed by atoms with Crippen molar-refractivity contribution >= 4 is 17.6 Å². The van der Waals surface area contributed by atoms with Crippen LogP contribution in [0.25, 0.3) is 11.3 Å². The van der Waals surface area contributed by atoms with Gasteiger partial charge in [-0.15, -0.1) is 11.8 Å². The van der Waals surface area contributed by atoms with E-state index in [1.807, 2.05) is 11.8 Å². The Kier molecular flexibility index (Phi) is 2.81. The van der Waals surface area contributed by atoms with Gasteiger partial charge in [-0.2, -0.15) is 0 Å². The molecule has 1 aromatic heterocycles. The Morgan fingerprint density at radius 1 is 1.29 bits per heavy atom. The minimum atomic E-state index is 0.423. The zero-order chi connectivity index (χ0) is 11.7. The van der Waals surface area contributed by atoms with Crippen molar-refractivity contribution in [3.8, 4) is 11.3 Å². The third kappa shape index (κ3) is 2.64. The fraction of sp³-hybridized carbons (Fsp3) is 0.308. The number of anilines is 1. The lowest BCUT2D eigenvalue weighted by atomic mass is 10.2. The van der Waals surface area contributed by atoms with E-state index in [9.17, 15) is 0 Å². The summed E-state index contributed by atoms with van der Waals surface area (Å²) < 4.78 is 5.12. The van der Waals surface area contributed by atoms with E-state index < -0.39 is 0 Å². The van der Waals surface area contributed by atoms with Crippen molar-refractivity contribution in [3.05, 3.63) is 30.3 Å². The van der Waals surface area contributed by atoms with Gasteiger partial charge in [0.1, 0.15) is 0 Å². The largest absolute Gasteiger partial charge is 0.381 e. The minimum Gasteiger partial charge on any atom is -0.381 e. The smallest absolute Gasteiger partial charge is 0.169 e. The molecule has 17 heavy (non-hydrogen) atoms. The average Bonchev–Trinajstić information content (AvgIpc) is 3.09. The van der Waals surface area contributed by atoms with E-state index in [1.54, 1.807) is 6.07 Å². The summed E-state index contributed by atoms with van der Waals surface area (Å²) in [5.74, 6) is 3.34. The third-order valence-corrected chi connectivity index (χ3v) is 4.09. The first-order chi connectivity index (χ1) is 8.31. The number of rotatable bonds is 4. The predicted molar refractivity (Wildman–Crippen MR) is 69.8 cm³/mol. The zero-order valence-corrected chi connectivity index (χ0v) is 10.2. The number of thioether (sulfide) groups is 1. The summed E-state index contributed by atoms with van der Waals surface area (Å²) in [5.41, 5.74) is 6.54. The van der Waals surface area contributed by atoms with E-state index in [0.29, 0.717) is 5.82 Å². The maximum atomic E-state index is 5.52. The molecule has 88 valence electrons. The summed E-state index contributed by atoms with van der Waals surface area (Å²) in [6.07, 6.45) is 2.81. The Labute approximate surface area is 104 Å². The van der Waals surface area contributed by atoms with Gasteiger partial charge in [-0.1, -0.05) is 17.3 Å². The molecule has 2 aromatic rings. The predicted octanol–water partition coefficient (Wildman–Crippen LogP) is 3.43. The van der Waals surface area contributed by atoms with Gasteiger partial charge in [0.2, 0.25) is 0 Å². The van der Waals surface area contributed by atoms with E-state index in [1.165, 1.54) is 23.5 Å². The molecule has 0 spiro atoms. The quantitative estimate of drug-likeness (QED) is 0.840. The van der Waals surface area contributed by atoms with E-state index in [0.717, 1.165) is 17.2 Å². The highest BCUT2D eigenvalue weighted by Crippen LogP contribution is 2.35. The summed E-state index contributed by atoms with van der Waals surface area (Å²) in [6, 6.07) is 10.1. The van der Waals surface area contributed by atoms with Gasteiger partial charge in [-0.25, -0.2) is 0 Å². The molecule has 1 heterocycles. The summed E-state index contributed by atoms with van der Waals surface area (Å²) in [5, 5.41) is 3.68. The Hall–Kier alpha value is -1.42. The van der Waals surface area contributed by atoms with E-state index in [4.69, 9.17) is 10.3 Å². The van der Waals surface area contributed by atoms with Crippen molar-refractivity contribution in [3.63, 3.8) is 0 Å². The van der Waals surface area contributed by atoms with Crippen LogP contribution < -0.4 is 5.73 Å². The normalized spacial score (nSPS) is 15.1. The van der Waals surface area contributed by atoms with E-state index in [2.05, 4.69) is 29.4 Å². The van der Waals surface area contributed by atoms with Crippen molar-refractivity contribution < 1.29 is 4.52 Å². The Morgan fingerprint density at radius 2 is 2.06 bits per heavy atom. The molecule has 0 bridgehead atoms. The first kappa shape index (κ1) is 10.7. The molecule has 1 aromatic carbocycles. The molecule has 0 radical (unpaired) electrons. The van der Waals surface area contributed by atoms with Crippen LogP contribution in [0.1, 0.15) is 12.8 Å². The summed E-state index contributed by atoms with van der Waals surface area (Å²) >= 11 is 1.93. The number of hydrogen-bond acceptors (Lipinski definition) is 4. The number of nitrogen functional groups attached to an aromatic ring is 1. The lowest BCUT2D eigenvalue weighted by Crippen LogP contribution is -1.81. The van der Waals surface area contributed by atoms with Crippen molar-refractivity contribution in [1.82, 2.24) is 5.16 Å². The number of nitrogens with zero attached hydrogens (tertiary/aromatic N) is 1. The molecular formula is C13H14N2OS. The third-order valence-electron chi connectivity index (χ3n) is 2.85. The van der Waals surface area contributed by atoms with Crippen LogP contribution in [0.4, 0.5) is 5.82 Å². The van der Waals surface area contributed by atoms with Gasteiger partial charge in [0, 0.05) is 22.3 Å². The van der Waals surface area contributed by atoms with Crippen molar-refractivity contribution in [1.29, 1.82) is 0 Å². The van der Waals surface area contributed by atoms with Crippen molar-refractivity contribution in [2.24, 2.45) is 5.92 Å². The number of hydrogen-bond donors (Lipinski definition) is 1. The number of nitrogens with two attached hydrogens (primary N) is 1. The van der Waals surface area contributed by atoms with Crippen LogP contribution in [0.5, 0.6) is 0 Å². The molecule has 1 fully saturated rings. The number of benzene rings is 1. The van der Waals surface area contributed by atoms with Gasteiger partial charge in [0.05, 0.1) is 0 Å². The van der Waals surface area contributed by atoms with Crippen LogP contribution in [0, 0.1) is 5.92 Å². The molecule has 3 rings (SSSR count). The molecular weight excluding hydrogens is 232 g/mol. The van der Waals surface area contributed by atoms with Crippen LogP contribution in [0.3, 0.4) is 0 Å². The summed E-state index contributed by atoms with van der Waals surface area (Å²) in [6.45, 7) is 0. The Morgan fingerprint density at radius 3 is 2.65 bits per heavy atom. The minimum absolute atomic E-state index is 0.423. The van der Waals surface area contributed by atoms with Crippen molar-refractivity contribution in [2.45, 2.75) is 17.7 Å². The molecule has 1 aliphatic rings. The lowest BCUT2D eigenvalue weighted by Gasteiger charge is -2.01. The van der Waals surface area contributed by atoms with Crippen LogP contribution in [0.15, 0.2) is 39.8 Å². The molecule has 3 nitrogen and oxygen atoms in total. The first-order valence-electron chi connectivity index (χ1n) is 5.77. The topological polar surface area (TPSA) is 52.0 Å². The van der Waals surface area contributed by atoms with Gasteiger partial charge in [0.25, 0.3) is 0 Å². The van der Waals surface area contributed by atoms with E-state index >= 15 is 0 Å². The first-order valence-corrected chi connectivity index (χ1v) is 6.75.